The predicted octanol–water partition coefficient (Wildman–Crippen LogP) is 3.56. The second kappa shape index (κ2) is 12.0. The van der Waals surface area contributed by atoms with Crippen molar-refractivity contribution < 1.29 is 43.1 Å². The van der Waals surface area contributed by atoms with Gasteiger partial charge in [0.1, 0.15) is 18.5 Å². The monoisotopic (exact) mass is 458 g/mol. The van der Waals surface area contributed by atoms with E-state index in [-0.39, 0.29) is 30.6 Å². The number of aliphatic carboxylic acids is 1. The molecule has 1 aromatic carbocycles. The van der Waals surface area contributed by atoms with Crippen LogP contribution in [0.25, 0.3) is 0 Å². The molecule has 1 aliphatic rings. The summed E-state index contributed by atoms with van der Waals surface area (Å²) < 4.78 is 43.5. The summed E-state index contributed by atoms with van der Waals surface area (Å²) in [5.41, 5.74) is -0.843. The average Bonchev–Trinajstić information content (AvgIpc) is 2.99. The van der Waals surface area contributed by atoms with Crippen LogP contribution in [-0.2, 0) is 11.0 Å². The van der Waals surface area contributed by atoms with Crippen molar-refractivity contribution in [3.05, 3.63) is 54.1 Å². The van der Waals surface area contributed by atoms with Gasteiger partial charge in [-0.25, -0.2) is 4.79 Å². The van der Waals surface area contributed by atoms with Crippen molar-refractivity contribution in [2.24, 2.45) is 11.8 Å². The summed E-state index contributed by atoms with van der Waals surface area (Å²) >= 11 is 0. The lowest BCUT2D eigenvalue weighted by molar-refractivity contribution is -0.137. The number of aliphatic hydroxyl groups excluding tert-OH is 3. The van der Waals surface area contributed by atoms with Crippen LogP contribution in [-0.4, -0.2) is 51.3 Å². The Labute approximate surface area is 184 Å². The second-order valence-corrected chi connectivity index (χ2v) is 7.93. The molecule has 9 heteroatoms. The summed E-state index contributed by atoms with van der Waals surface area (Å²) in [5.74, 6) is -1.59. The Morgan fingerprint density at radius 2 is 1.97 bits per heavy atom. The Kier molecular flexibility index (Phi) is 9.74. The maximum Gasteiger partial charge on any atom is 0.416 e. The van der Waals surface area contributed by atoms with Gasteiger partial charge in [0.25, 0.3) is 0 Å². The number of carbonyl (C=O) groups is 1. The molecule has 178 valence electrons. The molecule has 2 rings (SSSR count). The summed E-state index contributed by atoms with van der Waals surface area (Å²) in [7, 11) is 0. The minimum absolute atomic E-state index is 0.0153. The van der Waals surface area contributed by atoms with Gasteiger partial charge in [-0.05, 0) is 43.4 Å². The first-order valence-corrected chi connectivity index (χ1v) is 10.5. The first-order chi connectivity index (χ1) is 15.1. The molecule has 0 aliphatic heterocycles. The normalized spacial score (nSPS) is 24.9. The van der Waals surface area contributed by atoms with Crippen LogP contribution >= 0.6 is 0 Å². The topological polar surface area (TPSA) is 107 Å². The quantitative estimate of drug-likeness (QED) is 0.230. The molecule has 4 N–H and O–H groups in total. The van der Waals surface area contributed by atoms with Gasteiger partial charge in [-0.15, -0.1) is 0 Å². The number of ether oxygens (including phenoxy) is 1. The van der Waals surface area contributed by atoms with Crippen molar-refractivity contribution in [1.82, 2.24) is 0 Å². The third-order valence-corrected chi connectivity index (χ3v) is 5.47. The highest BCUT2D eigenvalue weighted by atomic mass is 19.4. The molecule has 6 nitrogen and oxygen atoms in total. The summed E-state index contributed by atoms with van der Waals surface area (Å²) in [4.78, 5) is 10.4. The molecule has 0 heterocycles. The predicted molar refractivity (Wildman–Crippen MR) is 111 cm³/mol. The number of hydrogen-bond acceptors (Lipinski definition) is 5. The van der Waals surface area contributed by atoms with E-state index in [2.05, 4.69) is 0 Å². The largest absolute Gasteiger partial charge is 0.491 e. The van der Waals surface area contributed by atoms with E-state index in [0.29, 0.717) is 12.8 Å². The van der Waals surface area contributed by atoms with Crippen LogP contribution in [0.15, 0.2) is 48.6 Å². The van der Waals surface area contributed by atoms with Gasteiger partial charge in [-0.1, -0.05) is 30.7 Å². The maximum absolute atomic E-state index is 12.8. The van der Waals surface area contributed by atoms with Gasteiger partial charge in [-0.3, -0.25) is 0 Å². The zero-order valence-electron chi connectivity index (χ0n) is 17.5. The second-order valence-electron chi connectivity index (χ2n) is 7.93. The van der Waals surface area contributed by atoms with Gasteiger partial charge in [0.05, 0.1) is 17.8 Å². The van der Waals surface area contributed by atoms with Gasteiger partial charge < -0.3 is 25.2 Å². The molecule has 1 saturated carbocycles. The van der Waals surface area contributed by atoms with Crippen molar-refractivity contribution in [3.63, 3.8) is 0 Å². The standard InChI is InChI=1S/C23H29F3O6/c24-23(25,26)15-6-5-7-17(12-15)32-14-16(27)10-11-19-18(20(28)13-21(19)29)8-3-1-2-4-9-22(30)31/h4-7,9-12,16,18-21,27-29H,1-3,8,13-14H2,(H,30,31)/b9-4-,11-10+/t16-,18+,19+,20-,21+/m0/s1. The fourth-order valence-electron chi connectivity index (χ4n) is 3.86. The van der Waals surface area contributed by atoms with Gasteiger partial charge >= 0.3 is 12.1 Å². The first kappa shape index (κ1) is 25.9. The highest BCUT2D eigenvalue weighted by Gasteiger charge is 2.39. The minimum Gasteiger partial charge on any atom is -0.491 e. The molecule has 1 fully saturated rings. The summed E-state index contributed by atoms with van der Waals surface area (Å²) in [6, 6.07) is 4.37. The molecule has 32 heavy (non-hydrogen) atoms. The van der Waals surface area contributed by atoms with Gasteiger partial charge in [0, 0.05) is 18.4 Å². The first-order valence-electron chi connectivity index (χ1n) is 10.5. The van der Waals surface area contributed by atoms with Crippen LogP contribution < -0.4 is 4.74 Å². The van der Waals surface area contributed by atoms with Crippen LogP contribution in [0.5, 0.6) is 5.75 Å². The molecule has 0 saturated heterocycles. The number of aliphatic hydroxyl groups is 3. The number of benzene rings is 1. The Bertz CT molecular complexity index is 792. The number of rotatable bonds is 11. The Morgan fingerprint density at radius 3 is 2.66 bits per heavy atom. The highest BCUT2D eigenvalue weighted by Crippen LogP contribution is 2.37. The minimum atomic E-state index is -4.49. The highest BCUT2D eigenvalue weighted by molar-refractivity contribution is 5.79. The molecule has 1 aliphatic carbocycles. The molecule has 0 aromatic heterocycles. The molecule has 1 aromatic rings. The zero-order valence-corrected chi connectivity index (χ0v) is 17.5. The smallest absolute Gasteiger partial charge is 0.416 e. The third kappa shape index (κ3) is 8.29. The number of halogens is 3. The van der Waals surface area contributed by atoms with E-state index < -0.39 is 36.0 Å². The lowest BCUT2D eigenvalue weighted by atomic mass is 9.88. The van der Waals surface area contributed by atoms with E-state index in [1.165, 1.54) is 18.2 Å². The maximum atomic E-state index is 12.8. The average molecular weight is 458 g/mol. The van der Waals surface area contributed by atoms with Crippen LogP contribution in [0.3, 0.4) is 0 Å². The number of allylic oxidation sites excluding steroid dienone is 1. The fourth-order valence-corrected chi connectivity index (χ4v) is 3.86. The molecular formula is C23H29F3O6. The van der Waals surface area contributed by atoms with Gasteiger partial charge in [0.2, 0.25) is 0 Å². The van der Waals surface area contributed by atoms with Crippen molar-refractivity contribution in [3.8, 4) is 5.75 Å². The number of alkyl halides is 3. The number of unbranched alkanes of at least 4 members (excludes halogenated alkanes) is 2. The van der Waals surface area contributed by atoms with Crippen molar-refractivity contribution in [2.75, 3.05) is 6.61 Å². The number of hydrogen-bond donors (Lipinski definition) is 4. The van der Waals surface area contributed by atoms with Crippen LogP contribution in [0.1, 0.15) is 37.7 Å². The lowest BCUT2D eigenvalue weighted by Gasteiger charge is -2.21. The molecule has 5 atom stereocenters. The molecule has 0 unspecified atom stereocenters. The van der Waals surface area contributed by atoms with E-state index in [9.17, 15) is 33.3 Å². The van der Waals surface area contributed by atoms with Crippen LogP contribution in [0.2, 0.25) is 0 Å². The Morgan fingerprint density at radius 1 is 1.22 bits per heavy atom. The summed E-state index contributed by atoms with van der Waals surface area (Å²) in [5, 5.41) is 39.2. The van der Waals surface area contributed by atoms with E-state index in [4.69, 9.17) is 9.84 Å². The SMILES string of the molecule is O=C(O)/C=C\CCCC[C@@H]1[C@@H](/C=C/[C@H](O)COc2cccc(C(F)(F)F)c2)[C@H](O)C[C@@H]1O. The third-order valence-electron chi connectivity index (χ3n) is 5.47. The van der Waals surface area contributed by atoms with E-state index >= 15 is 0 Å². The van der Waals surface area contributed by atoms with E-state index in [1.54, 1.807) is 12.2 Å². The Balaban J connectivity index is 1.85. The molecule has 0 bridgehead atoms. The molecule has 0 radical (unpaired) electrons. The lowest BCUT2D eigenvalue weighted by Crippen LogP contribution is -2.22. The Hall–Kier alpha value is -2.36. The fraction of sp³-hybridized carbons (Fsp3) is 0.522. The van der Waals surface area contributed by atoms with Gasteiger partial charge in [-0.2, -0.15) is 13.2 Å². The number of carboxylic acid groups (broad SMARTS) is 1. The molecule has 0 amide bonds. The van der Waals surface area contributed by atoms with Crippen molar-refractivity contribution in [2.45, 2.75) is 56.6 Å². The van der Waals surface area contributed by atoms with Crippen LogP contribution in [0.4, 0.5) is 13.2 Å². The van der Waals surface area contributed by atoms with Crippen molar-refractivity contribution >= 4 is 5.97 Å². The molecular weight excluding hydrogens is 429 g/mol. The van der Waals surface area contributed by atoms with E-state index in [1.807, 2.05) is 0 Å². The van der Waals surface area contributed by atoms with Crippen LogP contribution in [0, 0.1) is 11.8 Å². The van der Waals surface area contributed by atoms with Gasteiger partial charge in [0.15, 0.2) is 0 Å². The summed E-state index contributed by atoms with van der Waals surface area (Å²) in [6.45, 7) is -0.260. The number of carboxylic acids is 1. The van der Waals surface area contributed by atoms with E-state index in [0.717, 1.165) is 31.1 Å². The molecule has 0 spiro atoms. The zero-order chi connectivity index (χ0) is 23.7. The van der Waals surface area contributed by atoms with Crippen molar-refractivity contribution in [1.29, 1.82) is 0 Å². The summed E-state index contributed by atoms with van der Waals surface area (Å²) in [6.07, 6.45) is 1.58.